The SMILES string of the molecule is COc1ccc(C=C(C#N)C(=O)NC2CN3CCC2CC3)cc1. The Bertz CT molecular complexity index is 637. The molecule has 1 unspecified atom stereocenters. The third kappa shape index (κ3) is 3.54. The molecule has 1 aromatic carbocycles. The van der Waals surface area contributed by atoms with Crippen LogP contribution in [-0.4, -0.2) is 43.6 Å². The molecule has 0 radical (unpaired) electrons. The average molecular weight is 311 g/mol. The Kier molecular flexibility index (Phi) is 4.63. The van der Waals surface area contributed by atoms with Crippen molar-refractivity contribution in [3.63, 3.8) is 0 Å². The summed E-state index contributed by atoms with van der Waals surface area (Å²) < 4.78 is 5.11. The van der Waals surface area contributed by atoms with E-state index in [4.69, 9.17) is 4.74 Å². The zero-order chi connectivity index (χ0) is 16.2. The predicted octanol–water partition coefficient (Wildman–Crippen LogP) is 1.81. The lowest BCUT2D eigenvalue weighted by molar-refractivity contribution is -0.119. The van der Waals surface area contributed by atoms with Gasteiger partial charge in [-0.25, -0.2) is 0 Å². The van der Waals surface area contributed by atoms with Crippen molar-refractivity contribution in [2.45, 2.75) is 18.9 Å². The normalized spacial score (nSPS) is 26.4. The van der Waals surface area contributed by atoms with E-state index in [1.165, 1.54) is 0 Å². The molecular formula is C18H21N3O2. The molecule has 4 rings (SSSR count). The van der Waals surface area contributed by atoms with Crippen LogP contribution in [0.3, 0.4) is 0 Å². The second kappa shape index (κ2) is 6.84. The molecule has 1 amide bonds. The van der Waals surface area contributed by atoms with Crippen molar-refractivity contribution in [1.82, 2.24) is 10.2 Å². The molecule has 120 valence electrons. The molecule has 0 aromatic heterocycles. The van der Waals surface area contributed by atoms with Crippen LogP contribution in [0.1, 0.15) is 18.4 Å². The van der Waals surface area contributed by atoms with E-state index in [0.29, 0.717) is 5.92 Å². The van der Waals surface area contributed by atoms with Gasteiger partial charge in [-0.15, -0.1) is 0 Å². The minimum atomic E-state index is -0.276. The Balaban J connectivity index is 1.68. The van der Waals surface area contributed by atoms with Crippen LogP contribution in [-0.2, 0) is 4.79 Å². The molecule has 1 atom stereocenters. The number of nitrogens with one attached hydrogen (secondary N) is 1. The van der Waals surface area contributed by atoms with Crippen molar-refractivity contribution in [1.29, 1.82) is 5.26 Å². The highest BCUT2D eigenvalue weighted by Gasteiger charge is 2.35. The second-order valence-corrected chi connectivity index (χ2v) is 6.16. The molecule has 1 aromatic rings. The number of nitriles is 1. The van der Waals surface area contributed by atoms with Crippen LogP contribution in [0.2, 0.25) is 0 Å². The Morgan fingerprint density at radius 1 is 1.35 bits per heavy atom. The molecule has 0 aliphatic carbocycles. The standard InChI is InChI=1S/C18H21N3O2/c1-23-16-4-2-13(3-5-16)10-15(11-19)18(22)20-17-12-21-8-6-14(17)7-9-21/h2-5,10,14,17H,6-9,12H2,1H3,(H,20,22). The van der Waals surface area contributed by atoms with Crippen LogP contribution in [0.25, 0.3) is 6.08 Å². The van der Waals surface area contributed by atoms with Gasteiger partial charge in [0.15, 0.2) is 0 Å². The number of fused-ring (bicyclic) bond motifs is 3. The van der Waals surface area contributed by atoms with E-state index < -0.39 is 0 Å². The molecule has 0 spiro atoms. The van der Waals surface area contributed by atoms with Gasteiger partial charge < -0.3 is 15.0 Å². The number of carbonyl (C=O) groups excluding carboxylic acids is 1. The monoisotopic (exact) mass is 311 g/mol. The third-order valence-electron chi connectivity index (χ3n) is 4.76. The van der Waals surface area contributed by atoms with E-state index in [9.17, 15) is 10.1 Å². The highest BCUT2D eigenvalue weighted by Crippen LogP contribution is 2.27. The fraction of sp³-hybridized carbons (Fsp3) is 0.444. The average Bonchev–Trinajstić information content (AvgIpc) is 2.61. The van der Waals surface area contributed by atoms with E-state index in [-0.39, 0.29) is 17.5 Å². The number of hydrogen-bond donors (Lipinski definition) is 1. The van der Waals surface area contributed by atoms with E-state index in [1.54, 1.807) is 13.2 Å². The van der Waals surface area contributed by atoms with Gasteiger partial charge >= 0.3 is 0 Å². The molecule has 0 saturated carbocycles. The molecule has 23 heavy (non-hydrogen) atoms. The summed E-state index contributed by atoms with van der Waals surface area (Å²) in [5.41, 5.74) is 0.957. The molecule has 3 saturated heterocycles. The molecule has 3 heterocycles. The number of carbonyl (C=O) groups is 1. The number of benzene rings is 1. The highest BCUT2D eigenvalue weighted by atomic mass is 16.5. The Morgan fingerprint density at radius 2 is 2.04 bits per heavy atom. The summed E-state index contributed by atoms with van der Waals surface area (Å²) in [5, 5.41) is 12.4. The summed E-state index contributed by atoms with van der Waals surface area (Å²) >= 11 is 0. The number of amides is 1. The Morgan fingerprint density at radius 3 is 2.57 bits per heavy atom. The van der Waals surface area contributed by atoms with E-state index in [2.05, 4.69) is 10.2 Å². The van der Waals surface area contributed by atoms with Gasteiger partial charge in [0.25, 0.3) is 5.91 Å². The van der Waals surface area contributed by atoms with Gasteiger partial charge in [-0.3, -0.25) is 4.79 Å². The van der Waals surface area contributed by atoms with Gasteiger partial charge in [0, 0.05) is 12.6 Å². The lowest BCUT2D eigenvalue weighted by atomic mass is 9.84. The summed E-state index contributed by atoms with van der Waals surface area (Å²) in [6.45, 7) is 3.16. The topological polar surface area (TPSA) is 65.4 Å². The zero-order valence-electron chi connectivity index (χ0n) is 13.3. The molecule has 5 heteroatoms. The van der Waals surface area contributed by atoms with Crippen LogP contribution >= 0.6 is 0 Å². The van der Waals surface area contributed by atoms with Crippen molar-refractivity contribution in [3.8, 4) is 11.8 Å². The lowest BCUT2D eigenvalue weighted by Gasteiger charge is -2.44. The van der Waals surface area contributed by atoms with Crippen LogP contribution in [0.5, 0.6) is 5.75 Å². The largest absolute Gasteiger partial charge is 0.497 e. The molecule has 3 aliphatic heterocycles. The quantitative estimate of drug-likeness (QED) is 0.680. The van der Waals surface area contributed by atoms with Crippen LogP contribution < -0.4 is 10.1 Å². The molecule has 2 bridgehead atoms. The minimum absolute atomic E-state index is 0.145. The number of methoxy groups -OCH3 is 1. The first-order valence-corrected chi connectivity index (χ1v) is 7.98. The number of nitrogens with zero attached hydrogens (tertiary/aromatic N) is 2. The molecule has 1 N–H and O–H groups in total. The number of piperidine rings is 3. The molecule has 3 aliphatic rings. The summed E-state index contributed by atoms with van der Waals surface area (Å²) in [4.78, 5) is 14.8. The van der Waals surface area contributed by atoms with Crippen LogP contribution in [0, 0.1) is 17.2 Å². The Hall–Kier alpha value is -2.32. The fourth-order valence-corrected chi connectivity index (χ4v) is 3.39. The second-order valence-electron chi connectivity index (χ2n) is 6.16. The minimum Gasteiger partial charge on any atom is -0.497 e. The van der Waals surface area contributed by atoms with Gasteiger partial charge in [0.05, 0.1) is 7.11 Å². The lowest BCUT2D eigenvalue weighted by Crippen LogP contribution is -2.57. The first kappa shape index (κ1) is 15.6. The van der Waals surface area contributed by atoms with Crippen molar-refractivity contribution in [3.05, 3.63) is 35.4 Å². The Labute approximate surface area is 136 Å². The van der Waals surface area contributed by atoms with Crippen molar-refractivity contribution >= 4 is 12.0 Å². The zero-order valence-corrected chi connectivity index (χ0v) is 13.3. The van der Waals surface area contributed by atoms with Crippen molar-refractivity contribution in [2.24, 2.45) is 5.92 Å². The number of hydrogen-bond acceptors (Lipinski definition) is 4. The van der Waals surface area contributed by atoms with Crippen LogP contribution in [0.4, 0.5) is 0 Å². The predicted molar refractivity (Wildman–Crippen MR) is 87.7 cm³/mol. The summed E-state index contributed by atoms with van der Waals surface area (Å²) in [5.74, 6) is 1.02. The first-order chi connectivity index (χ1) is 11.2. The van der Waals surface area contributed by atoms with E-state index in [0.717, 1.165) is 43.8 Å². The van der Waals surface area contributed by atoms with Gasteiger partial charge in [-0.05, 0) is 55.6 Å². The first-order valence-electron chi connectivity index (χ1n) is 7.98. The number of ether oxygens (including phenoxy) is 1. The molecule has 3 fully saturated rings. The molecular weight excluding hydrogens is 290 g/mol. The third-order valence-corrected chi connectivity index (χ3v) is 4.76. The van der Waals surface area contributed by atoms with Gasteiger partial charge in [0.1, 0.15) is 17.4 Å². The van der Waals surface area contributed by atoms with Crippen LogP contribution in [0.15, 0.2) is 29.8 Å². The maximum absolute atomic E-state index is 12.4. The summed E-state index contributed by atoms with van der Waals surface area (Å²) in [6.07, 6.45) is 3.89. The maximum atomic E-state index is 12.4. The molecule has 5 nitrogen and oxygen atoms in total. The smallest absolute Gasteiger partial charge is 0.262 e. The van der Waals surface area contributed by atoms with E-state index in [1.807, 2.05) is 30.3 Å². The summed E-state index contributed by atoms with van der Waals surface area (Å²) in [7, 11) is 1.60. The van der Waals surface area contributed by atoms with Gasteiger partial charge in [-0.2, -0.15) is 5.26 Å². The van der Waals surface area contributed by atoms with E-state index >= 15 is 0 Å². The fourth-order valence-electron chi connectivity index (χ4n) is 3.39. The number of rotatable bonds is 4. The maximum Gasteiger partial charge on any atom is 0.262 e. The van der Waals surface area contributed by atoms with Crippen molar-refractivity contribution < 1.29 is 9.53 Å². The van der Waals surface area contributed by atoms with Crippen molar-refractivity contribution in [2.75, 3.05) is 26.7 Å². The van der Waals surface area contributed by atoms with Gasteiger partial charge in [0.2, 0.25) is 0 Å². The summed E-state index contributed by atoms with van der Waals surface area (Å²) in [6, 6.07) is 9.47. The van der Waals surface area contributed by atoms with Gasteiger partial charge in [-0.1, -0.05) is 12.1 Å². The highest BCUT2D eigenvalue weighted by molar-refractivity contribution is 6.01.